The first kappa shape index (κ1) is 20.4. The van der Waals surface area contributed by atoms with Gasteiger partial charge in [-0.25, -0.2) is 0 Å². The van der Waals surface area contributed by atoms with Crippen LogP contribution in [-0.2, 0) is 0 Å². The van der Waals surface area contributed by atoms with E-state index in [1.165, 1.54) is 5.69 Å². The van der Waals surface area contributed by atoms with Crippen LogP contribution in [0.2, 0.25) is 19.6 Å². The van der Waals surface area contributed by atoms with Crippen molar-refractivity contribution in [2.24, 2.45) is 0 Å². The fourth-order valence-electron chi connectivity index (χ4n) is 0.954. The average molecular weight is 349 g/mol. The molecule has 14 heavy (non-hydrogen) atoms. The Morgan fingerprint density at radius 3 is 1.71 bits per heavy atom. The summed E-state index contributed by atoms with van der Waals surface area (Å²) in [6.45, 7) is 6.88. The smallest absolute Gasteiger partial charge is 1.00 e. The van der Waals surface area contributed by atoms with Gasteiger partial charge in [0.25, 0.3) is 0 Å². The minimum absolute atomic E-state index is 0. The molecular weight excluding hydrogens is 334 g/mol. The van der Waals surface area contributed by atoms with Crippen molar-refractivity contribution in [3.8, 4) is 0 Å². The van der Waals surface area contributed by atoms with Gasteiger partial charge in [-0.15, -0.1) is 0 Å². The molecule has 5 heteroatoms. The van der Waals surface area contributed by atoms with E-state index in [4.69, 9.17) is 0 Å². The molecule has 0 bridgehead atoms. The second-order valence-corrected chi connectivity index (χ2v) is 8.49. The van der Waals surface area contributed by atoms with Crippen molar-refractivity contribution in [3.63, 3.8) is 0 Å². The summed E-state index contributed by atoms with van der Waals surface area (Å²) in [5, 5.41) is 0. The number of hydrogen-bond acceptors (Lipinski definition) is 1. The molecular formula is C9H15Br2MgNSi. The van der Waals surface area contributed by atoms with Crippen LogP contribution in [0.3, 0.4) is 0 Å². The molecule has 1 nitrogen and oxygen atoms in total. The molecule has 0 fully saturated rings. The average Bonchev–Trinajstić information content (AvgIpc) is 1.85. The van der Waals surface area contributed by atoms with E-state index in [0.29, 0.717) is 0 Å². The molecule has 0 heterocycles. The molecule has 0 aliphatic rings. The van der Waals surface area contributed by atoms with E-state index in [1.807, 2.05) is 6.07 Å². The van der Waals surface area contributed by atoms with Crippen LogP contribution in [0.1, 0.15) is 0 Å². The van der Waals surface area contributed by atoms with Crippen molar-refractivity contribution in [1.29, 1.82) is 0 Å². The Bertz CT molecular complexity index is 226. The third kappa shape index (κ3) is 9.52. The largest absolute Gasteiger partial charge is 2.00 e. The molecule has 1 aromatic rings. The summed E-state index contributed by atoms with van der Waals surface area (Å²) in [6.07, 6.45) is 0. The van der Waals surface area contributed by atoms with E-state index in [0.717, 1.165) is 0 Å². The SMILES string of the molecule is C[Si](C)(C)Nc1ccccc1.[Br-].[Br-].[Mg+2]. The predicted octanol–water partition coefficient (Wildman–Crippen LogP) is -3.44. The van der Waals surface area contributed by atoms with E-state index in [1.54, 1.807) is 0 Å². The second-order valence-electron chi connectivity index (χ2n) is 3.74. The summed E-state index contributed by atoms with van der Waals surface area (Å²) in [5.41, 5.74) is 1.24. The molecule has 0 aliphatic heterocycles. The molecule has 0 aromatic heterocycles. The number of hydrogen-bond donors (Lipinski definition) is 1. The summed E-state index contributed by atoms with van der Waals surface area (Å²) in [4.78, 5) is 3.52. The molecule has 0 unspecified atom stereocenters. The zero-order valence-corrected chi connectivity index (χ0v) is 14.4. The fourth-order valence-corrected chi connectivity index (χ4v) is 1.99. The minimum Gasteiger partial charge on any atom is -1.00 e. The summed E-state index contributed by atoms with van der Waals surface area (Å²) < 4.78 is 0. The van der Waals surface area contributed by atoms with Gasteiger partial charge in [0, 0.05) is 5.69 Å². The van der Waals surface area contributed by atoms with Crippen LogP contribution in [0.4, 0.5) is 5.69 Å². The maximum absolute atomic E-state index is 3.52. The number of anilines is 1. The van der Waals surface area contributed by atoms with Gasteiger partial charge in [-0.1, -0.05) is 37.8 Å². The van der Waals surface area contributed by atoms with Crippen LogP contribution in [0.5, 0.6) is 0 Å². The Morgan fingerprint density at radius 2 is 1.36 bits per heavy atom. The van der Waals surface area contributed by atoms with Crippen molar-refractivity contribution in [3.05, 3.63) is 30.3 Å². The number of halogens is 2. The molecule has 0 saturated carbocycles. The Hall–Kier alpha value is 0.963. The normalized spacial score (nSPS) is 8.79. The third-order valence-corrected chi connectivity index (χ3v) is 2.33. The van der Waals surface area contributed by atoms with Gasteiger partial charge in [0.2, 0.25) is 0 Å². The first-order valence-electron chi connectivity index (χ1n) is 3.91. The zero-order valence-electron chi connectivity index (χ0n) is 8.85. The first-order valence-corrected chi connectivity index (χ1v) is 7.41. The monoisotopic (exact) mass is 347 g/mol. The molecule has 1 aromatic carbocycles. The van der Waals surface area contributed by atoms with Crippen LogP contribution in [0.15, 0.2) is 30.3 Å². The third-order valence-electron chi connectivity index (χ3n) is 1.29. The maximum Gasteiger partial charge on any atom is 2.00 e. The van der Waals surface area contributed by atoms with Gasteiger partial charge in [0.05, 0.1) is 0 Å². The molecule has 0 spiro atoms. The number of rotatable bonds is 2. The van der Waals surface area contributed by atoms with E-state index in [2.05, 4.69) is 48.9 Å². The molecule has 0 amide bonds. The van der Waals surface area contributed by atoms with Gasteiger partial charge in [-0.2, -0.15) is 0 Å². The molecule has 0 aliphatic carbocycles. The molecule has 76 valence electrons. The number of para-hydroxylation sites is 1. The van der Waals surface area contributed by atoms with Crippen molar-refractivity contribution in [1.82, 2.24) is 0 Å². The summed E-state index contributed by atoms with van der Waals surface area (Å²) in [7, 11) is -1.15. The maximum atomic E-state index is 3.52. The van der Waals surface area contributed by atoms with Gasteiger partial charge in [-0.3, -0.25) is 0 Å². The second kappa shape index (κ2) is 9.21. The quantitative estimate of drug-likeness (QED) is 0.548. The van der Waals surface area contributed by atoms with Crippen LogP contribution in [0.25, 0.3) is 0 Å². The van der Waals surface area contributed by atoms with E-state index in [-0.39, 0.29) is 57.0 Å². The fraction of sp³-hybridized carbons (Fsp3) is 0.333. The molecule has 0 saturated heterocycles. The van der Waals surface area contributed by atoms with E-state index < -0.39 is 8.24 Å². The summed E-state index contributed by atoms with van der Waals surface area (Å²) in [6, 6.07) is 10.4. The number of nitrogens with one attached hydrogen (secondary N) is 1. The van der Waals surface area contributed by atoms with E-state index >= 15 is 0 Å². The van der Waals surface area contributed by atoms with Crippen molar-refractivity contribution in [2.45, 2.75) is 19.6 Å². The Kier molecular flexibility index (Phi) is 13.4. The van der Waals surface area contributed by atoms with Gasteiger partial charge >= 0.3 is 23.1 Å². The summed E-state index contributed by atoms with van der Waals surface area (Å²) >= 11 is 0. The standard InChI is InChI=1S/C9H15NSi.2BrH.Mg/c1-11(2,3)10-9-7-5-4-6-8-9;;;/h4-8,10H,1-3H3;2*1H;/q;;;+2/p-2. The topological polar surface area (TPSA) is 12.0 Å². The number of benzene rings is 1. The van der Waals surface area contributed by atoms with Crippen LogP contribution in [-0.4, -0.2) is 31.3 Å². The predicted molar refractivity (Wildman–Crippen MR) is 59.2 cm³/mol. The van der Waals surface area contributed by atoms with Crippen molar-refractivity contribution in [2.75, 3.05) is 4.98 Å². The Labute approximate surface area is 125 Å². The van der Waals surface area contributed by atoms with Crippen LogP contribution in [0, 0.1) is 0 Å². The van der Waals surface area contributed by atoms with Gasteiger partial charge in [-0.05, 0) is 12.1 Å². The van der Waals surface area contributed by atoms with Crippen molar-refractivity contribution >= 4 is 37.0 Å². The van der Waals surface area contributed by atoms with Crippen LogP contribution >= 0.6 is 0 Å². The van der Waals surface area contributed by atoms with Crippen molar-refractivity contribution < 1.29 is 34.0 Å². The molecule has 1 N–H and O–H groups in total. The van der Waals surface area contributed by atoms with Gasteiger partial charge < -0.3 is 38.9 Å². The Balaban J connectivity index is -0.000000403. The van der Waals surface area contributed by atoms with Crippen LogP contribution < -0.4 is 38.9 Å². The molecule has 0 radical (unpaired) electrons. The van der Waals surface area contributed by atoms with Gasteiger partial charge in [0.15, 0.2) is 0 Å². The molecule has 1 rings (SSSR count). The summed E-state index contributed by atoms with van der Waals surface area (Å²) in [5.74, 6) is 0. The van der Waals surface area contributed by atoms with E-state index in [9.17, 15) is 0 Å². The zero-order chi connectivity index (χ0) is 8.32. The molecule has 0 atom stereocenters. The Morgan fingerprint density at radius 1 is 0.929 bits per heavy atom. The first-order chi connectivity index (χ1) is 5.08. The van der Waals surface area contributed by atoms with Gasteiger partial charge in [0.1, 0.15) is 8.24 Å². The minimum atomic E-state index is -1.15.